The Morgan fingerprint density at radius 1 is 0.867 bits per heavy atom. The molecule has 0 saturated heterocycles. The second-order valence-corrected chi connectivity index (χ2v) is 6.86. The van der Waals surface area contributed by atoms with Crippen LogP contribution in [-0.4, -0.2) is 14.2 Å². The van der Waals surface area contributed by atoms with E-state index < -0.39 is 0 Å². The highest BCUT2D eigenvalue weighted by Crippen LogP contribution is 2.33. The predicted octanol–water partition coefficient (Wildman–Crippen LogP) is 5.36. The summed E-state index contributed by atoms with van der Waals surface area (Å²) < 4.78 is 22.5. The molecule has 0 unspecified atom stereocenters. The van der Waals surface area contributed by atoms with Crippen LogP contribution in [0.3, 0.4) is 0 Å². The summed E-state index contributed by atoms with van der Waals surface area (Å²) in [6.07, 6.45) is 0. The van der Waals surface area contributed by atoms with Crippen LogP contribution in [0.25, 0.3) is 22.1 Å². The number of aryl methyl sites for hydroxylation is 1. The molecule has 4 rings (SSSR count). The number of ether oxygens (including phenoxy) is 3. The van der Waals surface area contributed by atoms with Gasteiger partial charge in [-0.1, -0.05) is 36.4 Å². The number of fused-ring (bicyclic) bond motifs is 1. The van der Waals surface area contributed by atoms with Gasteiger partial charge in [-0.2, -0.15) is 0 Å². The third-order valence-corrected chi connectivity index (χ3v) is 4.96. The van der Waals surface area contributed by atoms with Gasteiger partial charge >= 0.3 is 0 Å². The number of benzene rings is 3. The molecule has 0 N–H and O–H groups in total. The first kappa shape index (κ1) is 19.6. The van der Waals surface area contributed by atoms with Gasteiger partial charge in [-0.3, -0.25) is 4.79 Å². The zero-order chi connectivity index (χ0) is 21.1. The summed E-state index contributed by atoms with van der Waals surface area (Å²) in [6, 6.07) is 20.6. The summed E-state index contributed by atoms with van der Waals surface area (Å²) in [6.45, 7) is 2.23. The Hall–Kier alpha value is -3.73. The van der Waals surface area contributed by atoms with Crippen LogP contribution in [0, 0.1) is 6.92 Å². The molecule has 1 aromatic heterocycles. The average Bonchev–Trinajstić information content (AvgIpc) is 2.78. The molecule has 0 bridgehead atoms. The van der Waals surface area contributed by atoms with Gasteiger partial charge in [0, 0.05) is 6.07 Å². The summed E-state index contributed by atoms with van der Waals surface area (Å²) in [5.74, 6) is 2.33. The van der Waals surface area contributed by atoms with Crippen LogP contribution in [0.4, 0.5) is 0 Å². The quantitative estimate of drug-likeness (QED) is 0.434. The molecular weight excluding hydrogens is 380 g/mol. The number of methoxy groups -OCH3 is 2. The van der Waals surface area contributed by atoms with Crippen molar-refractivity contribution in [2.45, 2.75) is 13.5 Å². The first-order valence-electron chi connectivity index (χ1n) is 9.57. The Kier molecular flexibility index (Phi) is 5.44. The van der Waals surface area contributed by atoms with E-state index in [1.54, 1.807) is 51.5 Å². The molecule has 0 aliphatic heterocycles. The minimum Gasteiger partial charge on any atom is -0.493 e. The fourth-order valence-corrected chi connectivity index (χ4v) is 3.44. The van der Waals surface area contributed by atoms with Crippen LogP contribution < -0.4 is 19.6 Å². The van der Waals surface area contributed by atoms with Gasteiger partial charge in [0.15, 0.2) is 11.5 Å². The highest BCUT2D eigenvalue weighted by Gasteiger charge is 2.16. The molecule has 0 radical (unpaired) electrons. The maximum absolute atomic E-state index is 13.2. The minimum atomic E-state index is -0.101. The fraction of sp³-hybridized carbons (Fsp3) is 0.160. The maximum atomic E-state index is 13.2. The highest BCUT2D eigenvalue weighted by molar-refractivity contribution is 5.84. The normalized spacial score (nSPS) is 10.8. The molecule has 0 atom stereocenters. The SMILES string of the molecule is COc1ccc(-c2c(C)oc3cc(OCc4ccccc4)ccc3c2=O)cc1OC. The lowest BCUT2D eigenvalue weighted by Gasteiger charge is -2.12. The molecule has 0 aliphatic carbocycles. The van der Waals surface area contributed by atoms with Crippen LogP contribution in [0.5, 0.6) is 17.2 Å². The standard InChI is InChI=1S/C25H22O5/c1-16-24(18-9-12-21(27-2)23(13-18)28-3)25(26)20-11-10-19(14-22(20)30-16)29-15-17-7-5-4-6-8-17/h4-14H,15H2,1-3H3. The predicted molar refractivity (Wildman–Crippen MR) is 117 cm³/mol. The van der Waals surface area contributed by atoms with Gasteiger partial charge < -0.3 is 18.6 Å². The van der Waals surface area contributed by atoms with Crippen molar-refractivity contribution in [1.82, 2.24) is 0 Å². The van der Waals surface area contributed by atoms with E-state index >= 15 is 0 Å². The lowest BCUT2D eigenvalue weighted by molar-refractivity contribution is 0.306. The monoisotopic (exact) mass is 402 g/mol. The molecule has 0 saturated carbocycles. The minimum absolute atomic E-state index is 0.101. The molecule has 30 heavy (non-hydrogen) atoms. The topological polar surface area (TPSA) is 57.9 Å². The Morgan fingerprint density at radius 3 is 2.37 bits per heavy atom. The van der Waals surface area contributed by atoms with E-state index in [-0.39, 0.29) is 5.43 Å². The van der Waals surface area contributed by atoms with Gasteiger partial charge in [-0.25, -0.2) is 0 Å². The molecule has 4 aromatic rings. The van der Waals surface area contributed by atoms with Gasteiger partial charge in [0.05, 0.1) is 25.2 Å². The molecule has 3 aromatic carbocycles. The van der Waals surface area contributed by atoms with Crippen LogP contribution in [0.2, 0.25) is 0 Å². The van der Waals surface area contributed by atoms with Crippen molar-refractivity contribution in [3.8, 4) is 28.4 Å². The van der Waals surface area contributed by atoms with Crippen LogP contribution >= 0.6 is 0 Å². The summed E-state index contributed by atoms with van der Waals surface area (Å²) in [7, 11) is 3.14. The first-order valence-corrected chi connectivity index (χ1v) is 9.57. The molecular formula is C25H22O5. The lowest BCUT2D eigenvalue weighted by Crippen LogP contribution is -2.08. The van der Waals surface area contributed by atoms with Crippen molar-refractivity contribution in [3.05, 3.63) is 88.3 Å². The average molecular weight is 402 g/mol. The smallest absolute Gasteiger partial charge is 0.200 e. The summed E-state index contributed by atoms with van der Waals surface area (Å²) in [5.41, 5.74) is 2.67. The van der Waals surface area contributed by atoms with Crippen molar-refractivity contribution in [2.24, 2.45) is 0 Å². The molecule has 5 nitrogen and oxygen atoms in total. The van der Waals surface area contributed by atoms with Gasteiger partial charge in [0.2, 0.25) is 5.43 Å². The van der Waals surface area contributed by atoms with Crippen molar-refractivity contribution in [2.75, 3.05) is 14.2 Å². The number of hydrogen-bond donors (Lipinski definition) is 0. The van der Waals surface area contributed by atoms with Crippen LogP contribution in [-0.2, 0) is 6.61 Å². The van der Waals surface area contributed by atoms with E-state index in [2.05, 4.69) is 0 Å². The van der Waals surface area contributed by atoms with Crippen molar-refractivity contribution >= 4 is 11.0 Å². The molecule has 5 heteroatoms. The molecule has 0 fully saturated rings. The Bertz CT molecular complexity index is 1240. The highest BCUT2D eigenvalue weighted by atomic mass is 16.5. The first-order chi connectivity index (χ1) is 14.6. The molecule has 0 aliphatic rings. The van der Waals surface area contributed by atoms with Crippen LogP contribution in [0.1, 0.15) is 11.3 Å². The largest absolute Gasteiger partial charge is 0.493 e. The Balaban J connectivity index is 1.71. The second kappa shape index (κ2) is 8.33. The summed E-state index contributed by atoms with van der Waals surface area (Å²) in [4.78, 5) is 13.2. The molecule has 152 valence electrons. The van der Waals surface area contributed by atoms with Crippen molar-refractivity contribution in [1.29, 1.82) is 0 Å². The van der Waals surface area contributed by atoms with Crippen LogP contribution in [0.15, 0.2) is 75.9 Å². The zero-order valence-corrected chi connectivity index (χ0v) is 17.1. The van der Waals surface area contributed by atoms with E-state index in [0.29, 0.717) is 51.7 Å². The summed E-state index contributed by atoms with van der Waals surface area (Å²) >= 11 is 0. The van der Waals surface area contributed by atoms with Crippen molar-refractivity contribution in [3.63, 3.8) is 0 Å². The third kappa shape index (κ3) is 3.74. The van der Waals surface area contributed by atoms with Gasteiger partial charge in [0.1, 0.15) is 23.7 Å². The Morgan fingerprint density at radius 2 is 1.63 bits per heavy atom. The maximum Gasteiger partial charge on any atom is 0.200 e. The summed E-state index contributed by atoms with van der Waals surface area (Å²) in [5, 5.41) is 0.498. The van der Waals surface area contributed by atoms with E-state index in [0.717, 1.165) is 5.56 Å². The van der Waals surface area contributed by atoms with Gasteiger partial charge in [-0.05, 0) is 42.3 Å². The van der Waals surface area contributed by atoms with E-state index in [1.807, 2.05) is 36.4 Å². The van der Waals surface area contributed by atoms with Crippen molar-refractivity contribution < 1.29 is 18.6 Å². The van der Waals surface area contributed by atoms with E-state index in [4.69, 9.17) is 18.6 Å². The fourth-order valence-electron chi connectivity index (χ4n) is 3.44. The third-order valence-electron chi connectivity index (χ3n) is 4.96. The number of hydrogen-bond acceptors (Lipinski definition) is 5. The van der Waals surface area contributed by atoms with E-state index in [9.17, 15) is 4.79 Å². The number of rotatable bonds is 6. The molecule has 0 spiro atoms. The van der Waals surface area contributed by atoms with Gasteiger partial charge in [-0.15, -0.1) is 0 Å². The second-order valence-electron chi connectivity index (χ2n) is 6.86. The molecule has 0 amide bonds. The Labute approximate surface area is 174 Å². The van der Waals surface area contributed by atoms with Gasteiger partial charge in [0.25, 0.3) is 0 Å². The van der Waals surface area contributed by atoms with E-state index in [1.165, 1.54) is 0 Å². The zero-order valence-electron chi connectivity index (χ0n) is 17.1. The molecule has 1 heterocycles. The lowest BCUT2D eigenvalue weighted by atomic mass is 10.0.